The second kappa shape index (κ2) is 12.3. The van der Waals surface area contributed by atoms with Crippen molar-refractivity contribution in [2.75, 3.05) is 0 Å². The van der Waals surface area contributed by atoms with Gasteiger partial charge in [-0.15, -0.1) is 0 Å². The van der Waals surface area contributed by atoms with E-state index in [0.717, 1.165) is 12.8 Å². The van der Waals surface area contributed by atoms with Crippen LogP contribution < -0.4 is 0 Å². The number of fused-ring (bicyclic) bond motifs is 8. The molecule has 9 aromatic rings. The molecule has 2 aliphatic rings. The SMILES string of the molecule is c1ccc(-c2ccc3c(c2)c(-c2ccccc2)cc2c4c(ccc23)-c2cc(C3CCc5ccccc53)ccc2C4(c2ccccc2)c2ccccc2)cc1. The third-order valence-corrected chi connectivity index (χ3v) is 12.4. The molecule has 0 spiro atoms. The van der Waals surface area contributed by atoms with Crippen molar-refractivity contribution in [2.45, 2.75) is 24.2 Å². The van der Waals surface area contributed by atoms with Crippen LogP contribution in [0.25, 0.3) is 54.9 Å². The lowest BCUT2D eigenvalue weighted by Gasteiger charge is -2.35. The number of hydrogen-bond acceptors (Lipinski definition) is 0. The average Bonchev–Trinajstić information content (AvgIpc) is 3.82. The van der Waals surface area contributed by atoms with Gasteiger partial charge in [-0.2, -0.15) is 0 Å². The van der Waals surface area contributed by atoms with Gasteiger partial charge in [0.1, 0.15) is 0 Å². The van der Waals surface area contributed by atoms with Gasteiger partial charge in [0.15, 0.2) is 0 Å². The van der Waals surface area contributed by atoms with E-state index in [1.54, 1.807) is 0 Å². The average molecular weight is 687 g/mol. The van der Waals surface area contributed by atoms with Gasteiger partial charge < -0.3 is 0 Å². The second-order valence-corrected chi connectivity index (χ2v) is 15.1. The zero-order valence-corrected chi connectivity index (χ0v) is 30.0. The maximum atomic E-state index is 2.55. The van der Waals surface area contributed by atoms with Gasteiger partial charge in [0.25, 0.3) is 0 Å². The van der Waals surface area contributed by atoms with Crippen molar-refractivity contribution in [2.24, 2.45) is 0 Å². The molecule has 0 bridgehead atoms. The topological polar surface area (TPSA) is 0 Å². The highest BCUT2D eigenvalue weighted by Gasteiger charge is 2.47. The van der Waals surface area contributed by atoms with E-state index in [9.17, 15) is 0 Å². The molecule has 0 aromatic heterocycles. The Balaban J connectivity index is 1.26. The lowest BCUT2D eigenvalue weighted by molar-refractivity contribution is 0.768. The van der Waals surface area contributed by atoms with Crippen LogP contribution in [0.5, 0.6) is 0 Å². The van der Waals surface area contributed by atoms with Crippen molar-refractivity contribution in [3.8, 4) is 33.4 Å². The molecule has 0 saturated heterocycles. The predicted molar refractivity (Wildman–Crippen MR) is 226 cm³/mol. The van der Waals surface area contributed by atoms with Gasteiger partial charge in [-0.05, 0) is 119 Å². The van der Waals surface area contributed by atoms with Crippen molar-refractivity contribution < 1.29 is 0 Å². The van der Waals surface area contributed by atoms with E-state index in [1.165, 1.54) is 93.9 Å². The maximum absolute atomic E-state index is 2.55. The smallest absolute Gasteiger partial charge is 0.0622 e. The quantitative estimate of drug-likeness (QED) is 0.158. The van der Waals surface area contributed by atoms with Crippen molar-refractivity contribution in [3.63, 3.8) is 0 Å². The molecule has 254 valence electrons. The van der Waals surface area contributed by atoms with E-state index < -0.39 is 5.41 Å². The lowest BCUT2D eigenvalue weighted by atomic mass is 9.66. The van der Waals surface area contributed by atoms with Gasteiger partial charge >= 0.3 is 0 Å². The molecule has 1 unspecified atom stereocenters. The molecule has 0 nitrogen and oxygen atoms in total. The van der Waals surface area contributed by atoms with Crippen LogP contribution in [0.2, 0.25) is 0 Å². The van der Waals surface area contributed by atoms with Gasteiger partial charge in [0.2, 0.25) is 0 Å². The summed E-state index contributed by atoms with van der Waals surface area (Å²) in [5.74, 6) is 0.409. The first kappa shape index (κ1) is 31.1. The lowest BCUT2D eigenvalue weighted by Crippen LogP contribution is -2.28. The normalized spacial score (nSPS) is 15.2. The molecule has 0 fully saturated rings. The first-order chi connectivity index (χ1) is 26.8. The first-order valence-corrected chi connectivity index (χ1v) is 19.3. The monoisotopic (exact) mass is 686 g/mol. The zero-order chi connectivity index (χ0) is 35.6. The highest BCUT2D eigenvalue weighted by Crippen LogP contribution is 2.59. The molecule has 0 amide bonds. The van der Waals surface area contributed by atoms with Crippen LogP contribution in [0.4, 0.5) is 0 Å². The van der Waals surface area contributed by atoms with E-state index >= 15 is 0 Å². The summed E-state index contributed by atoms with van der Waals surface area (Å²) in [5.41, 5.74) is 16.9. The van der Waals surface area contributed by atoms with Crippen LogP contribution in [0.1, 0.15) is 51.3 Å². The third-order valence-electron chi connectivity index (χ3n) is 12.4. The van der Waals surface area contributed by atoms with E-state index in [1.807, 2.05) is 0 Å². The van der Waals surface area contributed by atoms with Crippen molar-refractivity contribution in [1.82, 2.24) is 0 Å². The molecule has 1 atom stereocenters. The molecule has 2 aliphatic carbocycles. The van der Waals surface area contributed by atoms with Crippen LogP contribution in [0.15, 0.2) is 200 Å². The molecule has 0 heterocycles. The van der Waals surface area contributed by atoms with Crippen LogP contribution in [0.3, 0.4) is 0 Å². The number of hydrogen-bond donors (Lipinski definition) is 0. The first-order valence-electron chi connectivity index (χ1n) is 19.3. The summed E-state index contributed by atoms with van der Waals surface area (Å²) in [7, 11) is 0. The molecule has 54 heavy (non-hydrogen) atoms. The molecule has 0 N–H and O–H groups in total. The summed E-state index contributed by atoms with van der Waals surface area (Å²) < 4.78 is 0. The van der Waals surface area contributed by atoms with Gasteiger partial charge in [-0.25, -0.2) is 0 Å². The van der Waals surface area contributed by atoms with E-state index in [2.05, 4.69) is 200 Å². The molecular weight excluding hydrogens is 649 g/mol. The highest BCUT2D eigenvalue weighted by molar-refractivity contribution is 6.17. The Labute approximate surface area is 317 Å². The summed E-state index contributed by atoms with van der Waals surface area (Å²) in [6.45, 7) is 0. The van der Waals surface area contributed by atoms with Gasteiger partial charge in [0, 0.05) is 5.92 Å². The highest BCUT2D eigenvalue weighted by atomic mass is 14.5. The fourth-order valence-electron chi connectivity index (χ4n) is 10.0. The van der Waals surface area contributed by atoms with Crippen molar-refractivity contribution >= 4 is 21.5 Å². The maximum Gasteiger partial charge on any atom is 0.0719 e. The summed E-state index contributed by atoms with van der Waals surface area (Å²) in [5, 5.41) is 5.15. The Bertz CT molecular complexity index is 2810. The summed E-state index contributed by atoms with van der Waals surface area (Å²) in [6.07, 6.45) is 2.29. The molecular formula is C54H38. The van der Waals surface area contributed by atoms with E-state index in [4.69, 9.17) is 0 Å². The molecule has 0 radical (unpaired) electrons. The van der Waals surface area contributed by atoms with Crippen LogP contribution in [-0.4, -0.2) is 0 Å². The van der Waals surface area contributed by atoms with Crippen molar-refractivity contribution in [1.29, 1.82) is 0 Å². The fourth-order valence-corrected chi connectivity index (χ4v) is 10.0. The second-order valence-electron chi connectivity index (χ2n) is 15.1. The Hall–Kier alpha value is -6.50. The minimum atomic E-state index is -0.510. The van der Waals surface area contributed by atoms with Gasteiger partial charge in [-0.1, -0.05) is 188 Å². The number of benzene rings is 9. The van der Waals surface area contributed by atoms with Gasteiger partial charge in [0.05, 0.1) is 5.41 Å². The summed E-state index contributed by atoms with van der Waals surface area (Å²) in [6, 6.07) is 75.2. The third kappa shape index (κ3) is 4.56. The standard InChI is InChI=1S/C54H38/c1-5-15-36(16-6-1)39-26-29-45-46-30-31-47-50-34-40(44-28-25-38-19-13-14-24-43(38)44)27-32-52(50)54(41-20-9-3-10-21-41,42-22-11-4-12-23-42)53(47)51(46)35-48(49(45)33-39)37-17-7-2-8-18-37/h1-24,26-27,29-35,44H,25,28H2. The minimum Gasteiger partial charge on any atom is -0.0622 e. The van der Waals surface area contributed by atoms with Crippen molar-refractivity contribution in [3.05, 3.63) is 239 Å². The van der Waals surface area contributed by atoms with Crippen LogP contribution >= 0.6 is 0 Å². The summed E-state index contributed by atoms with van der Waals surface area (Å²) in [4.78, 5) is 0. The molecule has 9 aromatic carbocycles. The molecule has 11 rings (SSSR count). The Kier molecular flexibility index (Phi) is 7.07. The van der Waals surface area contributed by atoms with Gasteiger partial charge in [-0.3, -0.25) is 0 Å². The van der Waals surface area contributed by atoms with E-state index in [-0.39, 0.29) is 0 Å². The molecule has 0 heteroatoms. The number of rotatable bonds is 5. The predicted octanol–water partition coefficient (Wildman–Crippen LogP) is 13.8. The fraction of sp³-hybridized carbons (Fsp3) is 0.0741. The van der Waals surface area contributed by atoms with Crippen LogP contribution in [-0.2, 0) is 11.8 Å². The Morgan fingerprint density at radius 2 is 1.00 bits per heavy atom. The van der Waals surface area contributed by atoms with Crippen LogP contribution in [0, 0.1) is 0 Å². The minimum absolute atomic E-state index is 0.409. The largest absolute Gasteiger partial charge is 0.0719 e. The number of aryl methyl sites for hydroxylation is 1. The molecule has 0 saturated carbocycles. The Morgan fingerprint density at radius 3 is 1.72 bits per heavy atom. The molecule has 0 aliphatic heterocycles. The zero-order valence-electron chi connectivity index (χ0n) is 30.0. The summed E-state index contributed by atoms with van der Waals surface area (Å²) >= 11 is 0. The van der Waals surface area contributed by atoms with E-state index in [0.29, 0.717) is 5.92 Å². The Morgan fingerprint density at radius 1 is 0.389 bits per heavy atom.